The van der Waals surface area contributed by atoms with E-state index < -0.39 is 6.09 Å². The summed E-state index contributed by atoms with van der Waals surface area (Å²) in [5.74, 6) is 0.0194. The maximum Gasteiger partial charge on any atom is 0.411 e. The molecule has 0 aliphatic heterocycles. The molecule has 4 nitrogen and oxygen atoms in total. The smallest absolute Gasteiger partial charge is 0.411 e. The molecule has 1 aliphatic rings. The number of fused-ring (bicyclic) bond motifs is 3. The number of ketones is 1. The molecule has 0 heterocycles. The lowest BCUT2D eigenvalue weighted by molar-refractivity contribution is 0.101. The summed E-state index contributed by atoms with van der Waals surface area (Å²) < 4.78 is 5.50. The molecule has 0 saturated carbocycles. The summed E-state index contributed by atoms with van der Waals surface area (Å²) in [4.78, 5) is 23.5. The van der Waals surface area contributed by atoms with Crippen molar-refractivity contribution in [3.63, 3.8) is 0 Å². The van der Waals surface area contributed by atoms with Gasteiger partial charge in [0.15, 0.2) is 5.78 Å². The molecule has 134 valence electrons. The Hall–Kier alpha value is -3.40. The van der Waals surface area contributed by atoms with Crippen LogP contribution in [-0.2, 0) is 4.74 Å². The quantitative estimate of drug-likeness (QED) is 0.649. The van der Waals surface area contributed by atoms with Crippen molar-refractivity contribution in [3.8, 4) is 11.1 Å². The molecule has 1 N–H and O–H groups in total. The van der Waals surface area contributed by atoms with E-state index in [9.17, 15) is 9.59 Å². The number of amides is 1. The van der Waals surface area contributed by atoms with Gasteiger partial charge < -0.3 is 4.74 Å². The van der Waals surface area contributed by atoms with Gasteiger partial charge in [0.2, 0.25) is 0 Å². The Bertz CT molecular complexity index is 963. The minimum absolute atomic E-state index is 0.0114. The number of carbonyl (C=O) groups is 2. The third kappa shape index (κ3) is 3.34. The topological polar surface area (TPSA) is 55.4 Å². The van der Waals surface area contributed by atoms with Gasteiger partial charge in [0.05, 0.1) is 0 Å². The number of nitrogens with one attached hydrogen (secondary N) is 1. The average molecular weight is 357 g/mol. The second-order valence-corrected chi connectivity index (χ2v) is 6.58. The van der Waals surface area contributed by atoms with Crippen LogP contribution in [0.4, 0.5) is 10.5 Å². The molecule has 3 aromatic rings. The van der Waals surface area contributed by atoms with Crippen molar-refractivity contribution in [1.82, 2.24) is 0 Å². The zero-order valence-electron chi connectivity index (χ0n) is 14.9. The Labute approximate surface area is 157 Å². The molecule has 0 saturated heterocycles. The fourth-order valence-electron chi connectivity index (χ4n) is 3.54. The first-order valence-electron chi connectivity index (χ1n) is 8.86. The van der Waals surface area contributed by atoms with Crippen molar-refractivity contribution in [2.45, 2.75) is 12.8 Å². The summed E-state index contributed by atoms with van der Waals surface area (Å²) in [6, 6.07) is 23.2. The van der Waals surface area contributed by atoms with Crippen molar-refractivity contribution < 1.29 is 14.3 Å². The largest absolute Gasteiger partial charge is 0.448 e. The third-order valence-electron chi connectivity index (χ3n) is 4.88. The van der Waals surface area contributed by atoms with Crippen LogP contribution in [0.25, 0.3) is 11.1 Å². The van der Waals surface area contributed by atoms with Gasteiger partial charge in [0.1, 0.15) is 6.61 Å². The highest BCUT2D eigenvalue weighted by molar-refractivity contribution is 5.95. The predicted octanol–water partition coefficient (Wildman–Crippen LogP) is 5.25. The van der Waals surface area contributed by atoms with Crippen molar-refractivity contribution in [3.05, 3.63) is 89.5 Å². The highest BCUT2D eigenvalue weighted by Crippen LogP contribution is 2.44. The van der Waals surface area contributed by atoms with Gasteiger partial charge in [-0.1, -0.05) is 48.5 Å². The molecule has 0 radical (unpaired) electrons. The molecular formula is C23H19NO3. The lowest BCUT2D eigenvalue weighted by Gasteiger charge is -2.14. The van der Waals surface area contributed by atoms with Gasteiger partial charge in [0, 0.05) is 17.2 Å². The van der Waals surface area contributed by atoms with Gasteiger partial charge in [-0.25, -0.2) is 4.79 Å². The molecule has 0 spiro atoms. The third-order valence-corrected chi connectivity index (χ3v) is 4.88. The standard InChI is InChI=1S/C23H19NO3/c1-15(25)16-10-12-17(13-11-16)24-23(26)27-14-22-20-8-4-2-6-18(20)19-7-3-5-9-21(19)22/h2-13,22H,14H2,1H3,(H,24,26). The molecule has 0 unspecified atom stereocenters. The highest BCUT2D eigenvalue weighted by Gasteiger charge is 2.28. The van der Waals surface area contributed by atoms with Crippen LogP contribution in [0.1, 0.15) is 34.3 Å². The molecule has 4 rings (SSSR count). The molecule has 27 heavy (non-hydrogen) atoms. The SMILES string of the molecule is CC(=O)c1ccc(NC(=O)OCC2c3ccccc3-c3ccccc32)cc1. The van der Waals surface area contributed by atoms with Crippen molar-refractivity contribution in [2.24, 2.45) is 0 Å². The van der Waals surface area contributed by atoms with Crippen molar-refractivity contribution in [1.29, 1.82) is 0 Å². The number of hydrogen-bond acceptors (Lipinski definition) is 3. The summed E-state index contributed by atoms with van der Waals surface area (Å²) in [6.45, 7) is 1.78. The molecular weight excluding hydrogens is 338 g/mol. The first kappa shape index (κ1) is 17.0. The Kier molecular flexibility index (Phi) is 4.47. The van der Waals surface area contributed by atoms with E-state index in [4.69, 9.17) is 4.74 Å². The number of Topliss-reactive ketones (excluding diaryl/α,β-unsaturated/α-hetero) is 1. The van der Waals surface area contributed by atoms with E-state index >= 15 is 0 Å². The van der Waals surface area contributed by atoms with Crippen molar-refractivity contribution in [2.75, 3.05) is 11.9 Å². The predicted molar refractivity (Wildman–Crippen MR) is 105 cm³/mol. The Morgan fingerprint density at radius 1 is 0.852 bits per heavy atom. The number of benzene rings is 3. The number of rotatable bonds is 4. The molecule has 0 aromatic heterocycles. The molecule has 3 aromatic carbocycles. The van der Waals surface area contributed by atoms with Crippen molar-refractivity contribution >= 4 is 17.6 Å². The first-order valence-corrected chi connectivity index (χ1v) is 8.86. The van der Waals surface area contributed by atoms with Crippen LogP contribution >= 0.6 is 0 Å². The van der Waals surface area contributed by atoms with Gasteiger partial charge in [-0.2, -0.15) is 0 Å². The van der Waals surface area contributed by atoms with E-state index in [1.54, 1.807) is 24.3 Å². The second-order valence-electron chi connectivity index (χ2n) is 6.58. The zero-order chi connectivity index (χ0) is 18.8. The second kappa shape index (κ2) is 7.08. The average Bonchev–Trinajstić information content (AvgIpc) is 3.01. The Balaban J connectivity index is 1.45. The fourth-order valence-corrected chi connectivity index (χ4v) is 3.54. The minimum atomic E-state index is -0.507. The van der Waals surface area contributed by atoms with Gasteiger partial charge in [0.25, 0.3) is 0 Å². The van der Waals surface area contributed by atoms with E-state index in [1.165, 1.54) is 29.2 Å². The zero-order valence-corrected chi connectivity index (χ0v) is 14.9. The van der Waals surface area contributed by atoms with Crippen LogP contribution in [0.2, 0.25) is 0 Å². The summed E-state index contributed by atoms with van der Waals surface area (Å²) in [7, 11) is 0. The van der Waals surface area contributed by atoms with Gasteiger partial charge in [-0.3, -0.25) is 10.1 Å². The molecule has 0 fully saturated rings. The molecule has 0 atom stereocenters. The van der Waals surface area contributed by atoms with Gasteiger partial charge in [-0.05, 0) is 53.4 Å². The molecule has 0 bridgehead atoms. The summed E-state index contributed by atoms with van der Waals surface area (Å²) in [5.41, 5.74) is 5.95. The van der Waals surface area contributed by atoms with Crippen LogP contribution in [0.5, 0.6) is 0 Å². The normalized spacial score (nSPS) is 12.2. The molecule has 1 amide bonds. The number of hydrogen-bond donors (Lipinski definition) is 1. The van der Waals surface area contributed by atoms with Crippen LogP contribution in [0.3, 0.4) is 0 Å². The summed E-state index contributed by atoms with van der Waals surface area (Å²) in [6.07, 6.45) is -0.507. The number of anilines is 1. The monoisotopic (exact) mass is 357 g/mol. The number of ether oxygens (including phenoxy) is 1. The van der Waals surface area contributed by atoms with E-state index in [0.717, 1.165) is 0 Å². The van der Waals surface area contributed by atoms with Crippen LogP contribution < -0.4 is 5.32 Å². The van der Waals surface area contributed by atoms with E-state index in [-0.39, 0.29) is 18.3 Å². The molecule has 1 aliphatic carbocycles. The van der Waals surface area contributed by atoms with Crippen LogP contribution in [-0.4, -0.2) is 18.5 Å². The highest BCUT2D eigenvalue weighted by atomic mass is 16.5. The lowest BCUT2D eigenvalue weighted by atomic mass is 9.98. The Morgan fingerprint density at radius 3 is 1.96 bits per heavy atom. The number of carbonyl (C=O) groups excluding carboxylic acids is 2. The summed E-state index contributed by atoms with van der Waals surface area (Å²) >= 11 is 0. The summed E-state index contributed by atoms with van der Waals surface area (Å²) in [5, 5.41) is 2.71. The Morgan fingerprint density at radius 2 is 1.41 bits per heavy atom. The minimum Gasteiger partial charge on any atom is -0.448 e. The van der Waals surface area contributed by atoms with E-state index in [0.29, 0.717) is 11.3 Å². The van der Waals surface area contributed by atoms with Crippen LogP contribution in [0, 0.1) is 0 Å². The maximum atomic E-state index is 12.2. The van der Waals surface area contributed by atoms with E-state index in [2.05, 4.69) is 29.6 Å². The molecule has 4 heteroatoms. The van der Waals surface area contributed by atoms with Gasteiger partial charge in [-0.15, -0.1) is 0 Å². The first-order chi connectivity index (χ1) is 13.1. The van der Waals surface area contributed by atoms with E-state index in [1.807, 2.05) is 24.3 Å². The van der Waals surface area contributed by atoms with Crippen LogP contribution in [0.15, 0.2) is 72.8 Å². The fraction of sp³-hybridized carbons (Fsp3) is 0.130. The van der Waals surface area contributed by atoms with Gasteiger partial charge >= 0.3 is 6.09 Å². The maximum absolute atomic E-state index is 12.2. The lowest BCUT2D eigenvalue weighted by Crippen LogP contribution is -2.17.